The highest BCUT2D eigenvalue weighted by atomic mass is 17.2. The van der Waals surface area contributed by atoms with Gasteiger partial charge >= 0.3 is 0 Å². The van der Waals surface area contributed by atoms with Gasteiger partial charge in [-0.2, -0.15) is 0 Å². The van der Waals surface area contributed by atoms with Gasteiger partial charge in [0, 0.05) is 13.0 Å². The quantitative estimate of drug-likeness (QED) is 0.504. The van der Waals surface area contributed by atoms with E-state index in [1.165, 1.54) is 24.8 Å². The smallest absolute Gasteiger partial charge is 0.122 e. The van der Waals surface area contributed by atoms with Crippen LogP contribution in [-0.4, -0.2) is 23.4 Å². The van der Waals surface area contributed by atoms with Crippen molar-refractivity contribution in [2.45, 2.75) is 84.3 Å². The van der Waals surface area contributed by atoms with Gasteiger partial charge in [0.1, 0.15) is 11.7 Å². The molecular formula is C17H32O3. The summed E-state index contributed by atoms with van der Waals surface area (Å²) in [5.41, 5.74) is 1.000. The summed E-state index contributed by atoms with van der Waals surface area (Å²) in [6, 6.07) is 0. The Morgan fingerprint density at radius 3 is 2.65 bits per heavy atom. The van der Waals surface area contributed by atoms with E-state index in [1.54, 1.807) is 0 Å². The first-order valence-electron chi connectivity index (χ1n) is 8.27. The predicted molar refractivity (Wildman–Crippen MR) is 82.4 cm³/mol. The summed E-state index contributed by atoms with van der Waals surface area (Å²) >= 11 is 0. The normalized spacial score (nSPS) is 28.2. The lowest BCUT2D eigenvalue weighted by Crippen LogP contribution is -2.39. The summed E-state index contributed by atoms with van der Waals surface area (Å²) in [4.78, 5) is 11.4. The van der Waals surface area contributed by atoms with Crippen molar-refractivity contribution in [3.63, 3.8) is 0 Å². The van der Waals surface area contributed by atoms with Gasteiger partial charge in [-0.15, -0.1) is 0 Å². The molecule has 3 nitrogen and oxygen atoms in total. The van der Waals surface area contributed by atoms with E-state index in [0.717, 1.165) is 19.3 Å². The molecule has 0 aliphatic carbocycles. The second-order valence-electron chi connectivity index (χ2n) is 6.12. The van der Waals surface area contributed by atoms with Crippen molar-refractivity contribution in [2.75, 3.05) is 6.61 Å². The highest BCUT2D eigenvalue weighted by molar-refractivity contribution is 5.17. The van der Waals surface area contributed by atoms with Gasteiger partial charge in [0.25, 0.3) is 0 Å². The van der Waals surface area contributed by atoms with Crippen LogP contribution in [0.3, 0.4) is 0 Å². The maximum atomic E-state index is 9.10. The van der Waals surface area contributed by atoms with Crippen LogP contribution in [0.5, 0.6) is 0 Å². The SMILES string of the molecule is CCCCC(C)CC1(CC)C=C(CC)C(CCO)OO1. The molecule has 0 bridgehead atoms. The maximum Gasteiger partial charge on any atom is 0.122 e. The second kappa shape index (κ2) is 8.81. The number of rotatable bonds is 9. The van der Waals surface area contributed by atoms with Crippen LogP contribution in [-0.2, 0) is 9.78 Å². The van der Waals surface area contributed by atoms with E-state index in [9.17, 15) is 0 Å². The van der Waals surface area contributed by atoms with Gasteiger partial charge in [-0.3, -0.25) is 0 Å². The molecule has 1 N–H and O–H groups in total. The lowest BCUT2D eigenvalue weighted by Gasteiger charge is -2.38. The summed E-state index contributed by atoms with van der Waals surface area (Å²) in [5, 5.41) is 9.10. The number of hydrogen-bond donors (Lipinski definition) is 1. The molecule has 0 saturated heterocycles. The molecule has 1 rings (SSSR count). The van der Waals surface area contributed by atoms with Gasteiger partial charge in [-0.25, -0.2) is 9.78 Å². The first-order valence-corrected chi connectivity index (χ1v) is 8.27. The summed E-state index contributed by atoms with van der Waals surface area (Å²) in [7, 11) is 0. The Labute approximate surface area is 124 Å². The zero-order valence-electron chi connectivity index (χ0n) is 13.7. The summed E-state index contributed by atoms with van der Waals surface area (Å²) in [6.07, 6.45) is 9.49. The van der Waals surface area contributed by atoms with Crippen LogP contribution < -0.4 is 0 Å². The zero-order chi connectivity index (χ0) is 15.0. The molecule has 1 aliphatic heterocycles. The van der Waals surface area contributed by atoms with E-state index < -0.39 is 0 Å². The van der Waals surface area contributed by atoms with Gasteiger partial charge in [0.05, 0.1) is 0 Å². The van der Waals surface area contributed by atoms with Crippen molar-refractivity contribution in [3.05, 3.63) is 11.6 Å². The van der Waals surface area contributed by atoms with Crippen LogP contribution in [0.4, 0.5) is 0 Å². The highest BCUT2D eigenvalue weighted by Gasteiger charge is 2.36. The van der Waals surface area contributed by atoms with Crippen molar-refractivity contribution in [2.24, 2.45) is 5.92 Å². The Balaban J connectivity index is 2.75. The maximum absolute atomic E-state index is 9.10. The van der Waals surface area contributed by atoms with Crippen LogP contribution >= 0.6 is 0 Å². The first-order chi connectivity index (χ1) is 9.60. The molecule has 0 spiro atoms. The molecular weight excluding hydrogens is 252 g/mol. The van der Waals surface area contributed by atoms with E-state index in [2.05, 4.69) is 33.8 Å². The molecule has 1 aliphatic rings. The number of unbranched alkanes of at least 4 members (excludes halogenated alkanes) is 1. The molecule has 3 atom stereocenters. The van der Waals surface area contributed by atoms with Crippen molar-refractivity contribution >= 4 is 0 Å². The predicted octanol–water partition coefficient (Wildman–Crippen LogP) is 4.40. The average Bonchev–Trinajstić information content (AvgIpc) is 2.47. The van der Waals surface area contributed by atoms with Crippen LogP contribution in [0.15, 0.2) is 11.6 Å². The molecule has 0 saturated carbocycles. The summed E-state index contributed by atoms with van der Waals surface area (Å²) < 4.78 is 0. The van der Waals surface area contributed by atoms with E-state index >= 15 is 0 Å². The monoisotopic (exact) mass is 284 g/mol. The van der Waals surface area contributed by atoms with Crippen molar-refractivity contribution < 1.29 is 14.9 Å². The Hall–Kier alpha value is -0.380. The van der Waals surface area contributed by atoms with E-state index in [0.29, 0.717) is 12.3 Å². The molecule has 0 fully saturated rings. The van der Waals surface area contributed by atoms with Gasteiger partial charge in [0.2, 0.25) is 0 Å². The zero-order valence-corrected chi connectivity index (χ0v) is 13.7. The van der Waals surface area contributed by atoms with Crippen LogP contribution in [0.2, 0.25) is 0 Å². The topological polar surface area (TPSA) is 38.7 Å². The van der Waals surface area contributed by atoms with Gasteiger partial charge < -0.3 is 5.11 Å². The fourth-order valence-electron chi connectivity index (χ4n) is 2.99. The molecule has 0 aromatic carbocycles. The Bertz CT molecular complexity index is 301. The Morgan fingerprint density at radius 2 is 2.10 bits per heavy atom. The molecule has 1 heterocycles. The van der Waals surface area contributed by atoms with Crippen LogP contribution in [0.25, 0.3) is 0 Å². The third-order valence-corrected chi connectivity index (χ3v) is 4.33. The summed E-state index contributed by atoms with van der Waals surface area (Å²) in [6.45, 7) is 8.97. The van der Waals surface area contributed by atoms with E-state index in [-0.39, 0.29) is 18.3 Å². The third kappa shape index (κ3) is 4.87. The largest absolute Gasteiger partial charge is 0.396 e. The minimum Gasteiger partial charge on any atom is -0.396 e. The first kappa shape index (κ1) is 17.7. The minimum absolute atomic E-state index is 0.0735. The number of aliphatic hydroxyl groups is 1. The third-order valence-electron chi connectivity index (χ3n) is 4.33. The number of hydrogen-bond acceptors (Lipinski definition) is 3. The average molecular weight is 284 g/mol. The molecule has 3 unspecified atom stereocenters. The van der Waals surface area contributed by atoms with Crippen LogP contribution in [0.1, 0.15) is 72.6 Å². The van der Waals surface area contributed by atoms with E-state index in [4.69, 9.17) is 14.9 Å². The van der Waals surface area contributed by atoms with Crippen molar-refractivity contribution in [1.82, 2.24) is 0 Å². The standard InChI is InChI=1S/C17H32O3/c1-5-8-9-14(4)12-17(7-3)13-15(6-2)16(10-11-18)19-20-17/h13-14,16,18H,5-12H2,1-4H3. The van der Waals surface area contributed by atoms with Crippen molar-refractivity contribution in [3.8, 4) is 0 Å². The van der Waals surface area contributed by atoms with Gasteiger partial charge in [0.15, 0.2) is 0 Å². The molecule has 0 aromatic rings. The molecule has 0 aromatic heterocycles. The second-order valence-corrected chi connectivity index (χ2v) is 6.12. The van der Waals surface area contributed by atoms with Crippen LogP contribution in [0, 0.1) is 5.92 Å². The molecule has 3 heteroatoms. The molecule has 118 valence electrons. The Morgan fingerprint density at radius 1 is 1.35 bits per heavy atom. The molecule has 0 radical (unpaired) electrons. The van der Waals surface area contributed by atoms with E-state index in [1.807, 2.05) is 0 Å². The summed E-state index contributed by atoms with van der Waals surface area (Å²) in [5.74, 6) is 0.641. The minimum atomic E-state index is -0.273. The van der Waals surface area contributed by atoms with Gasteiger partial charge in [-0.1, -0.05) is 47.0 Å². The van der Waals surface area contributed by atoms with Crippen molar-refractivity contribution in [1.29, 1.82) is 0 Å². The fraction of sp³-hybridized carbons (Fsp3) is 0.882. The Kier molecular flexibility index (Phi) is 7.78. The highest BCUT2D eigenvalue weighted by Crippen LogP contribution is 2.36. The molecule has 20 heavy (non-hydrogen) atoms. The number of aliphatic hydroxyl groups excluding tert-OH is 1. The van der Waals surface area contributed by atoms with Gasteiger partial charge in [-0.05, 0) is 36.8 Å². The fourth-order valence-corrected chi connectivity index (χ4v) is 2.99. The lowest BCUT2D eigenvalue weighted by atomic mass is 9.83. The molecule has 0 amide bonds. The lowest BCUT2D eigenvalue weighted by molar-refractivity contribution is -0.380.